The Labute approximate surface area is 61.2 Å². The maximum atomic E-state index is 0. The molecule has 0 nitrogen and oxygen atoms in total. The fourth-order valence-electron chi connectivity index (χ4n) is 0. The van der Waals surface area contributed by atoms with Crippen LogP contribution >= 0.6 is 13.5 Å². The van der Waals surface area contributed by atoms with Gasteiger partial charge in [0.05, 0.1) is 0 Å². The van der Waals surface area contributed by atoms with Crippen LogP contribution in [0.5, 0.6) is 0 Å². The van der Waals surface area contributed by atoms with Gasteiger partial charge < -0.3 is 0 Å². The van der Waals surface area contributed by atoms with Crippen LogP contribution in [0.1, 0.15) is 0 Å². The van der Waals surface area contributed by atoms with Crippen molar-refractivity contribution in [2.75, 3.05) is 0 Å². The zero-order valence-corrected chi connectivity index (χ0v) is 3.95. The second-order valence-electron chi connectivity index (χ2n) is 0. The van der Waals surface area contributed by atoms with Crippen LogP contribution < -0.4 is 0 Å². The second kappa shape index (κ2) is 1150. The number of hydrogen-bond acceptors (Lipinski definition) is 0. The molecule has 0 spiro atoms. The zero-order chi connectivity index (χ0) is 0. The first-order chi connectivity index (χ1) is 0. The van der Waals surface area contributed by atoms with E-state index >= 15 is 0 Å². The molecule has 0 radical (unpaired) electrons. The van der Waals surface area contributed by atoms with E-state index in [4.69, 9.17) is 0 Å². The van der Waals surface area contributed by atoms with Crippen molar-refractivity contribution in [2.24, 2.45) is 0 Å². The van der Waals surface area contributed by atoms with Gasteiger partial charge in [0.15, 0.2) is 0 Å². The summed E-state index contributed by atoms with van der Waals surface area (Å²) in [6.07, 6.45) is 0. The number of halogens is 6. The van der Waals surface area contributed by atoms with E-state index in [1.165, 1.54) is 0 Å². The third-order valence-electron chi connectivity index (χ3n) is 0. The third kappa shape index (κ3) is 717. The quantitative estimate of drug-likeness (QED) is 0.357. The van der Waals surface area contributed by atoms with Crippen molar-refractivity contribution in [3.63, 3.8) is 0 Å². The van der Waals surface area contributed by atoms with Crippen LogP contribution in [0.4, 0.5) is 28.2 Å². The van der Waals surface area contributed by atoms with Gasteiger partial charge in [-0.05, 0) is 0 Å². The van der Waals surface area contributed by atoms with E-state index in [9.17, 15) is 0 Å². The van der Waals surface area contributed by atoms with Crippen LogP contribution in [-0.2, 0) is 0 Å². The van der Waals surface area contributed by atoms with E-state index < -0.39 is 0 Å². The molecule has 0 aromatic rings. The van der Waals surface area contributed by atoms with Gasteiger partial charge in [-0.3, -0.25) is 28.2 Å². The predicted molar refractivity (Wildman–Crippen MR) is 32.5 cm³/mol. The molecule has 0 rings (SSSR count). The molecule has 8 heavy (non-hydrogen) atoms. The van der Waals surface area contributed by atoms with Gasteiger partial charge in [0.25, 0.3) is 0 Å². The molecule has 8 heteroatoms. The first-order valence-corrected chi connectivity index (χ1v) is 0. The molecule has 0 unspecified atom stereocenters. The van der Waals surface area contributed by atoms with Gasteiger partial charge in [-0.2, -0.15) is 13.5 Å². The molecule has 0 amide bonds. The Morgan fingerprint density at radius 3 is 0.375 bits per heavy atom. The van der Waals surface area contributed by atoms with E-state index in [1.54, 1.807) is 0 Å². The van der Waals surface area contributed by atoms with Crippen LogP contribution in [0.15, 0.2) is 0 Å². The molecule has 0 aromatic carbocycles. The van der Waals surface area contributed by atoms with E-state index in [0.717, 1.165) is 0 Å². The Kier molecular flexibility index (Phi) is 250000. The number of rotatable bonds is 0. The molecule has 0 heterocycles. The van der Waals surface area contributed by atoms with Crippen molar-refractivity contribution in [1.82, 2.24) is 0 Å². The van der Waals surface area contributed by atoms with E-state index in [0.29, 0.717) is 0 Å². The Morgan fingerprint density at radius 1 is 0.375 bits per heavy atom. The number of hydrogen-bond donors (Lipinski definition) is 0. The third-order valence-corrected chi connectivity index (χ3v) is 0. The summed E-state index contributed by atoms with van der Waals surface area (Å²) in [5, 5.41) is 0. The summed E-state index contributed by atoms with van der Waals surface area (Å²) in [7, 11) is 0. The Hall–Kier alpha value is 0.527. The van der Waals surface area contributed by atoms with Crippen molar-refractivity contribution in [3.8, 4) is 0 Å². The summed E-state index contributed by atoms with van der Waals surface area (Å²) in [5.74, 6) is 0. The summed E-state index contributed by atoms with van der Waals surface area (Å²) in [6.45, 7) is 0. The molecule has 0 aliphatic rings. The fourth-order valence-corrected chi connectivity index (χ4v) is 0. The minimum absolute atomic E-state index is 0. The molecule has 0 saturated carbocycles. The van der Waals surface area contributed by atoms with Gasteiger partial charge in [-0.15, -0.1) is 0 Å². The molecule has 0 bridgehead atoms. The van der Waals surface area contributed by atoms with Gasteiger partial charge in [0, 0.05) is 0 Å². The molecule has 0 saturated heterocycles. The van der Waals surface area contributed by atoms with Gasteiger partial charge >= 0.3 is 18.9 Å². The molecule has 0 N–H and O–H groups in total. The molecule has 0 aliphatic heterocycles. The van der Waals surface area contributed by atoms with Gasteiger partial charge in [-0.25, -0.2) is 0 Å². The van der Waals surface area contributed by atoms with Crippen molar-refractivity contribution in [2.45, 2.75) is 0 Å². The SMILES string of the molecule is F.F.F.F.F.F.S.[LiH]. The summed E-state index contributed by atoms with van der Waals surface area (Å²) in [4.78, 5) is 0. The minimum atomic E-state index is 0. The molecule has 0 fully saturated rings. The Bertz CT molecular complexity index is 8.49. The molecule has 0 aromatic heterocycles. The summed E-state index contributed by atoms with van der Waals surface area (Å²) >= 11 is 0. The van der Waals surface area contributed by atoms with Crippen LogP contribution in [0.25, 0.3) is 0 Å². The van der Waals surface area contributed by atoms with E-state index in [-0.39, 0.29) is 60.6 Å². The van der Waals surface area contributed by atoms with Gasteiger partial charge in [-0.1, -0.05) is 0 Å². The van der Waals surface area contributed by atoms with Crippen LogP contribution in [0.2, 0.25) is 0 Å². The van der Waals surface area contributed by atoms with Gasteiger partial charge in [0.1, 0.15) is 0 Å². The Morgan fingerprint density at radius 2 is 0.375 bits per heavy atom. The second-order valence-corrected chi connectivity index (χ2v) is 0. The van der Waals surface area contributed by atoms with E-state index in [2.05, 4.69) is 0 Å². The van der Waals surface area contributed by atoms with Crippen LogP contribution in [-0.4, -0.2) is 18.9 Å². The normalized spacial score (nSPS) is 0. The summed E-state index contributed by atoms with van der Waals surface area (Å²) in [5.41, 5.74) is 0. The monoisotopic (exact) mass is 162 g/mol. The molecule has 0 aliphatic carbocycles. The van der Waals surface area contributed by atoms with E-state index in [1.807, 2.05) is 0 Å². The average Bonchev–Trinajstić information content (AvgIpc) is 0. The predicted octanol–water partition coefficient (Wildman–Crippen LogP) is 0.379. The fraction of sp³-hybridized carbons (Fsp3) is 0. The first-order valence-electron chi connectivity index (χ1n) is 0. The topological polar surface area (TPSA) is 0 Å². The van der Waals surface area contributed by atoms with Crippen molar-refractivity contribution in [1.29, 1.82) is 0 Å². The Balaban J connectivity index is 0. The van der Waals surface area contributed by atoms with Crippen LogP contribution in [0.3, 0.4) is 0 Å². The molecular weight excluding hydrogens is 153 g/mol. The molecule has 58 valence electrons. The van der Waals surface area contributed by atoms with Crippen molar-refractivity contribution in [3.05, 3.63) is 0 Å². The molecule has 0 atom stereocenters. The van der Waals surface area contributed by atoms with Crippen LogP contribution in [0, 0.1) is 0 Å². The van der Waals surface area contributed by atoms with Crippen molar-refractivity contribution < 1.29 is 28.2 Å². The standard InChI is InChI=1S/6FH.Li.H2S.H/h6*1H;;1H2;. The summed E-state index contributed by atoms with van der Waals surface area (Å²) < 4.78 is 0. The maximum absolute atomic E-state index is 0. The van der Waals surface area contributed by atoms with Gasteiger partial charge in [0.2, 0.25) is 0 Å². The zero-order valence-electron chi connectivity index (χ0n) is 2.95. The average molecular weight is 162 g/mol. The summed E-state index contributed by atoms with van der Waals surface area (Å²) in [6, 6.07) is 0. The first kappa shape index (κ1) is 1740. The molecular formula is H9F6LiS. The van der Waals surface area contributed by atoms with Crippen molar-refractivity contribution >= 4 is 32.4 Å².